The highest BCUT2D eigenvalue weighted by atomic mass is 19.1. The molecule has 154 valence electrons. The van der Waals surface area contributed by atoms with Crippen molar-refractivity contribution in [3.05, 3.63) is 82.7 Å². The van der Waals surface area contributed by atoms with E-state index < -0.39 is 0 Å². The molecule has 1 heteroatoms. The lowest BCUT2D eigenvalue weighted by Gasteiger charge is -2.28. The van der Waals surface area contributed by atoms with Crippen molar-refractivity contribution >= 4 is 10.8 Å². The summed E-state index contributed by atoms with van der Waals surface area (Å²) >= 11 is 0. The summed E-state index contributed by atoms with van der Waals surface area (Å²) in [7, 11) is 0. The summed E-state index contributed by atoms with van der Waals surface area (Å²) in [6.07, 6.45) is 9.53. The second-order valence-corrected chi connectivity index (χ2v) is 8.86. The Hall–Kier alpha value is -2.59. The second kappa shape index (κ2) is 9.48. The van der Waals surface area contributed by atoms with E-state index in [9.17, 15) is 4.39 Å². The Morgan fingerprint density at radius 3 is 2.30 bits per heavy atom. The maximum absolute atomic E-state index is 14.2. The SMILES string of the molecule is CCCCC1CCC(c2ccc(C#Cc3ccc4c(F)c(C)ccc4c3)cc2)CC1. The first-order chi connectivity index (χ1) is 14.6. The monoisotopic (exact) mass is 398 g/mol. The first-order valence-corrected chi connectivity index (χ1v) is 11.4. The molecule has 0 saturated heterocycles. The van der Waals surface area contributed by atoms with Crippen molar-refractivity contribution in [1.82, 2.24) is 0 Å². The predicted molar refractivity (Wildman–Crippen MR) is 125 cm³/mol. The standard InChI is InChI=1S/C29H31F/c1-3-4-5-22-9-15-25(16-10-22)26-17-11-23(12-18-26)7-8-24-13-19-28-27(20-24)14-6-21(2)29(28)30/h6,11-14,17-20,22,25H,3-5,9-10,15-16H2,1-2H3. The van der Waals surface area contributed by atoms with Crippen LogP contribution in [0.2, 0.25) is 0 Å². The van der Waals surface area contributed by atoms with Crippen molar-refractivity contribution in [3.63, 3.8) is 0 Å². The van der Waals surface area contributed by atoms with Crippen LogP contribution in [0.1, 0.15) is 80.0 Å². The van der Waals surface area contributed by atoms with Crippen LogP contribution in [0, 0.1) is 30.5 Å². The minimum absolute atomic E-state index is 0.137. The smallest absolute Gasteiger partial charge is 0.133 e. The first kappa shape index (κ1) is 20.7. The topological polar surface area (TPSA) is 0 Å². The van der Waals surface area contributed by atoms with Crippen LogP contribution in [0.4, 0.5) is 4.39 Å². The van der Waals surface area contributed by atoms with Crippen LogP contribution in [0.15, 0.2) is 54.6 Å². The molecule has 1 aliphatic carbocycles. The van der Waals surface area contributed by atoms with Crippen LogP contribution in [0.25, 0.3) is 10.8 Å². The van der Waals surface area contributed by atoms with Gasteiger partial charge in [0.2, 0.25) is 0 Å². The molecule has 0 N–H and O–H groups in total. The molecule has 0 bridgehead atoms. The van der Waals surface area contributed by atoms with Crippen LogP contribution in [-0.2, 0) is 0 Å². The van der Waals surface area contributed by atoms with E-state index in [1.165, 1.54) is 50.5 Å². The molecule has 0 radical (unpaired) electrons. The molecular formula is C29H31F. The summed E-state index contributed by atoms with van der Waals surface area (Å²) in [4.78, 5) is 0. The summed E-state index contributed by atoms with van der Waals surface area (Å²) in [6.45, 7) is 4.08. The summed E-state index contributed by atoms with van der Waals surface area (Å²) in [5.74, 6) is 8.03. The Balaban J connectivity index is 1.42. The van der Waals surface area contributed by atoms with Crippen LogP contribution >= 0.6 is 0 Å². The van der Waals surface area contributed by atoms with Gasteiger partial charge in [-0.1, -0.05) is 68.4 Å². The fraction of sp³-hybridized carbons (Fsp3) is 0.379. The number of aryl methyl sites for hydroxylation is 1. The van der Waals surface area contributed by atoms with Gasteiger partial charge in [-0.25, -0.2) is 4.39 Å². The summed E-state index contributed by atoms with van der Waals surface area (Å²) in [6, 6.07) is 18.3. The molecule has 3 aromatic carbocycles. The molecule has 1 saturated carbocycles. The minimum atomic E-state index is -0.137. The maximum Gasteiger partial charge on any atom is 0.133 e. The molecule has 3 aromatic rings. The van der Waals surface area contributed by atoms with Crippen LogP contribution in [0.3, 0.4) is 0 Å². The van der Waals surface area contributed by atoms with Gasteiger partial charge in [0.05, 0.1) is 0 Å². The van der Waals surface area contributed by atoms with Crippen LogP contribution < -0.4 is 0 Å². The molecule has 0 aliphatic heterocycles. The molecule has 0 aromatic heterocycles. The van der Waals surface area contributed by atoms with E-state index in [4.69, 9.17) is 0 Å². The Bertz CT molecular complexity index is 1060. The third kappa shape index (κ3) is 4.76. The average molecular weight is 399 g/mol. The van der Waals surface area contributed by atoms with Crippen molar-refractivity contribution in [2.75, 3.05) is 0 Å². The molecule has 0 nitrogen and oxygen atoms in total. The van der Waals surface area contributed by atoms with E-state index in [2.05, 4.69) is 43.0 Å². The highest BCUT2D eigenvalue weighted by molar-refractivity contribution is 5.85. The van der Waals surface area contributed by atoms with Gasteiger partial charge < -0.3 is 0 Å². The number of halogens is 1. The summed E-state index contributed by atoms with van der Waals surface area (Å²) < 4.78 is 14.2. The lowest BCUT2D eigenvalue weighted by molar-refractivity contribution is 0.304. The fourth-order valence-corrected chi connectivity index (χ4v) is 4.74. The van der Waals surface area contributed by atoms with Gasteiger partial charge in [0.15, 0.2) is 0 Å². The predicted octanol–water partition coefficient (Wildman–Crippen LogP) is 8.15. The van der Waals surface area contributed by atoms with Crippen molar-refractivity contribution in [2.24, 2.45) is 5.92 Å². The van der Waals surface area contributed by atoms with E-state index in [0.717, 1.165) is 22.4 Å². The highest BCUT2D eigenvalue weighted by Crippen LogP contribution is 2.37. The Labute approximate surface area is 180 Å². The Morgan fingerprint density at radius 1 is 0.867 bits per heavy atom. The van der Waals surface area contributed by atoms with Crippen LogP contribution in [0.5, 0.6) is 0 Å². The number of unbranched alkanes of at least 4 members (excludes halogenated alkanes) is 1. The van der Waals surface area contributed by atoms with Gasteiger partial charge in [-0.2, -0.15) is 0 Å². The second-order valence-electron chi connectivity index (χ2n) is 8.86. The third-order valence-electron chi connectivity index (χ3n) is 6.69. The normalized spacial score (nSPS) is 18.8. The van der Waals surface area contributed by atoms with Crippen molar-refractivity contribution < 1.29 is 4.39 Å². The van der Waals surface area contributed by atoms with E-state index >= 15 is 0 Å². The van der Waals surface area contributed by atoms with Gasteiger partial charge in [-0.3, -0.25) is 0 Å². The molecule has 1 aliphatic rings. The minimum Gasteiger partial charge on any atom is -0.206 e. The number of benzene rings is 3. The van der Waals surface area contributed by atoms with E-state index in [1.807, 2.05) is 30.3 Å². The van der Waals surface area contributed by atoms with Crippen molar-refractivity contribution in [2.45, 2.75) is 64.7 Å². The molecular weight excluding hydrogens is 367 g/mol. The number of rotatable bonds is 4. The summed E-state index contributed by atoms with van der Waals surface area (Å²) in [5.41, 5.74) is 4.09. The van der Waals surface area contributed by atoms with Gasteiger partial charge >= 0.3 is 0 Å². The first-order valence-electron chi connectivity index (χ1n) is 11.4. The molecule has 30 heavy (non-hydrogen) atoms. The third-order valence-corrected chi connectivity index (χ3v) is 6.69. The van der Waals surface area contributed by atoms with Crippen LogP contribution in [-0.4, -0.2) is 0 Å². The molecule has 0 unspecified atom stereocenters. The van der Waals surface area contributed by atoms with Gasteiger partial charge in [-0.05, 0) is 85.2 Å². The van der Waals surface area contributed by atoms with Gasteiger partial charge in [0, 0.05) is 16.5 Å². The highest BCUT2D eigenvalue weighted by Gasteiger charge is 2.21. The molecule has 0 heterocycles. The van der Waals surface area contributed by atoms with Gasteiger partial charge in [0.1, 0.15) is 5.82 Å². The number of hydrogen-bond donors (Lipinski definition) is 0. The fourth-order valence-electron chi connectivity index (χ4n) is 4.74. The van der Waals surface area contributed by atoms with Crippen molar-refractivity contribution in [3.8, 4) is 11.8 Å². The molecule has 1 fully saturated rings. The lowest BCUT2D eigenvalue weighted by Crippen LogP contribution is -2.13. The van der Waals surface area contributed by atoms with E-state index in [0.29, 0.717) is 16.9 Å². The zero-order valence-corrected chi connectivity index (χ0v) is 18.2. The van der Waals surface area contributed by atoms with Gasteiger partial charge in [-0.15, -0.1) is 0 Å². The molecule has 0 atom stereocenters. The molecule has 4 rings (SSSR count). The zero-order valence-electron chi connectivity index (χ0n) is 18.2. The Morgan fingerprint density at radius 2 is 1.57 bits per heavy atom. The Kier molecular flexibility index (Phi) is 6.53. The van der Waals surface area contributed by atoms with Crippen molar-refractivity contribution in [1.29, 1.82) is 0 Å². The average Bonchev–Trinajstić information content (AvgIpc) is 2.79. The van der Waals surface area contributed by atoms with E-state index in [1.54, 1.807) is 6.92 Å². The van der Waals surface area contributed by atoms with E-state index in [-0.39, 0.29) is 5.82 Å². The maximum atomic E-state index is 14.2. The number of fused-ring (bicyclic) bond motifs is 1. The molecule has 0 spiro atoms. The number of hydrogen-bond acceptors (Lipinski definition) is 0. The molecule has 0 amide bonds. The quantitative estimate of drug-likeness (QED) is 0.389. The largest absolute Gasteiger partial charge is 0.206 e. The lowest BCUT2D eigenvalue weighted by atomic mass is 9.77. The van der Waals surface area contributed by atoms with Gasteiger partial charge in [0.25, 0.3) is 0 Å². The summed E-state index contributed by atoms with van der Waals surface area (Å²) in [5, 5.41) is 1.56. The zero-order chi connectivity index (χ0) is 20.9.